The molecule has 1 aliphatic heterocycles. The van der Waals surface area contributed by atoms with Crippen molar-refractivity contribution in [2.45, 2.75) is 17.7 Å². The van der Waals surface area contributed by atoms with Crippen molar-refractivity contribution in [3.63, 3.8) is 0 Å². The van der Waals surface area contributed by atoms with E-state index >= 15 is 0 Å². The molecule has 0 bridgehead atoms. The van der Waals surface area contributed by atoms with Crippen LogP contribution in [0, 0.1) is 5.92 Å². The molecule has 8 heteroatoms. The van der Waals surface area contributed by atoms with Crippen LogP contribution in [0.1, 0.15) is 12.8 Å². The number of aromatic nitrogens is 1. The van der Waals surface area contributed by atoms with Crippen molar-refractivity contribution in [3.05, 3.63) is 60.8 Å². The molecule has 2 aromatic carbocycles. The van der Waals surface area contributed by atoms with Gasteiger partial charge in [-0.1, -0.05) is 18.2 Å². The van der Waals surface area contributed by atoms with E-state index in [9.17, 15) is 13.2 Å². The zero-order valence-electron chi connectivity index (χ0n) is 16.6. The first kappa shape index (κ1) is 20.3. The summed E-state index contributed by atoms with van der Waals surface area (Å²) in [6.07, 6.45) is 2.88. The Bertz CT molecular complexity index is 1170. The molecule has 4 rings (SSSR count). The number of anilines is 1. The van der Waals surface area contributed by atoms with Gasteiger partial charge in [0, 0.05) is 24.5 Å². The van der Waals surface area contributed by atoms with Crippen LogP contribution in [0.2, 0.25) is 0 Å². The van der Waals surface area contributed by atoms with Crippen LogP contribution in [0.5, 0.6) is 5.75 Å². The number of nitrogens with zero attached hydrogens (tertiary/aromatic N) is 2. The smallest absolute Gasteiger partial charge is 0.243 e. The first-order valence-corrected chi connectivity index (χ1v) is 11.2. The van der Waals surface area contributed by atoms with Crippen molar-refractivity contribution >= 4 is 32.5 Å². The van der Waals surface area contributed by atoms with Gasteiger partial charge >= 0.3 is 0 Å². The summed E-state index contributed by atoms with van der Waals surface area (Å²) in [6.45, 7) is 0.585. The number of hydrogen-bond donors (Lipinski definition) is 1. The second-order valence-corrected chi connectivity index (χ2v) is 9.23. The van der Waals surface area contributed by atoms with Crippen LogP contribution in [-0.4, -0.2) is 43.8 Å². The van der Waals surface area contributed by atoms with Crippen molar-refractivity contribution < 1.29 is 17.9 Å². The molecule has 0 saturated carbocycles. The molecule has 1 atom stereocenters. The predicted molar refractivity (Wildman–Crippen MR) is 115 cm³/mol. The number of nitrogens with one attached hydrogen (secondary N) is 1. The number of methoxy groups -OCH3 is 1. The molecule has 1 N–H and O–H groups in total. The highest BCUT2D eigenvalue weighted by atomic mass is 32.2. The summed E-state index contributed by atoms with van der Waals surface area (Å²) in [5.41, 5.74) is 1.35. The van der Waals surface area contributed by atoms with Gasteiger partial charge in [-0.2, -0.15) is 4.31 Å². The Kier molecular flexibility index (Phi) is 5.69. The Morgan fingerprint density at radius 1 is 1.17 bits per heavy atom. The Morgan fingerprint density at radius 2 is 1.97 bits per heavy atom. The number of piperidine rings is 1. The average molecular weight is 426 g/mol. The minimum absolute atomic E-state index is 0.168. The number of sulfonamides is 1. The van der Waals surface area contributed by atoms with Gasteiger partial charge in [0.15, 0.2) is 0 Å². The number of rotatable bonds is 5. The van der Waals surface area contributed by atoms with Gasteiger partial charge in [-0.25, -0.2) is 8.42 Å². The molecule has 1 fully saturated rings. The number of ether oxygens (including phenoxy) is 1. The molecule has 7 nitrogen and oxygen atoms in total. The van der Waals surface area contributed by atoms with Crippen molar-refractivity contribution in [3.8, 4) is 5.75 Å². The first-order valence-electron chi connectivity index (χ1n) is 9.77. The second kappa shape index (κ2) is 8.41. The number of carbonyl (C=O) groups excluding carboxylic acids is 1. The lowest BCUT2D eigenvalue weighted by molar-refractivity contribution is -0.120. The molecule has 1 amide bonds. The zero-order chi connectivity index (χ0) is 21.1. The molecule has 3 aromatic rings. The average Bonchev–Trinajstić information content (AvgIpc) is 2.79. The van der Waals surface area contributed by atoms with Crippen LogP contribution in [0.25, 0.3) is 10.9 Å². The minimum atomic E-state index is -3.61. The lowest BCUT2D eigenvalue weighted by atomic mass is 9.99. The molecule has 2 heterocycles. The van der Waals surface area contributed by atoms with E-state index in [1.54, 1.807) is 43.6 Å². The van der Waals surface area contributed by atoms with E-state index in [-0.39, 0.29) is 17.3 Å². The summed E-state index contributed by atoms with van der Waals surface area (Å²) in [6, 6.07) is 15.7. The SMILES string of the molecule is COc1ccc2cc(NC(=O)[C@H]3CCCN(S(=O)(=O)c4ccccc4)C3)cnc2c1. The fourth-order valence-electron chi connectivity index (χ4n) is 3.66. The number of carbonyl (C=O) groups is 1. The summed E-state index contributed by atoms with van der Waals surface area (Å²) in [5, 5.41) is 3.77. The molecular formula is C22H23N3O4S. The Morgan fingerprint density at radius 3 is 2.73 bits per heavy atom. The van der Waals surface area contributed by atoms with E-state index in [1.165, 1.54) is 4.31 Å². The van der Waals surface area contributed by atoms with Gasteiger partial charge < -0.3 is 10.1 Å². The molecule has 30 heavy (non-hydrogen) atoms. The van der Waals surface area contributed by atoms with E-state index in [4.69, 9.17) is 4.74 Å². The van der Waals surface area contributed by atoms with Gasteiger partial charge in [0.25, 0.3) is 0 Å². The third-order valence-corrected chi connectivity index (χ3v) is 7.17. The van der Waals surface area contributed by atoms with Crippen molar-refractivity contribution in [1.82, 2.24) is 9.29 Å². The fraction of sp³-hybridized carbons (Fsp3) is 0.273. The van der Waals surface area contributed by atoms with Crippen molar-refractivity contribution in [2.75, 3.05) is 25.5 Å². The van der Waals surface area contributed by atoms with Crippen LogP contribution in [-0.2, 0) is 14.8 Å². The number of fused-ring (bicyclic) bond motifs is 1. The summed E-state index contributed by atoms with van der Waals surface area (Å²) in [4.78, 5) is 17.5. The van der Waals surface area contributed by atoms with Crippen LogP contribution in [0.15, 0.2) is 65.7 Å². The third-order valence-electron chi connectivity index (χ3n) is 5.29. The van der Waals surface area contributed by atoms with E-state index in [0.29, 0.717) is 30.8 Å². The minimum Gasteiger partial charge on any atom is -0.497 e. The number of benzene rings is 2. The van der Waals surface area contributed by atoms with E-state index in [1.807, 2.05) is 24.3 Å². The number of pyridine rings is 1. The van der Waals surface area contributed by atoms with Gasteiger partial charge in [0.1, 0.15) is 5.75 Å². The van der Waals surface area contributed by atoms with Gasteiger partial charge in [-0.15, -0.1) is 0 Å². The zero-order valence-corrected chi connectivity index (χ0v) is 17.4. The fourth-order valence-corrected chi connectivity index (χ4v) is 5.20. The predicted octanol–water partition coefficient (Wildman–Crippen LogP) is 3.28. The number of hydrogen-bond acceptors (Lipinski definition) is 5. The Labute approximate surface area is 175 Å². The molecule has 156 valence electrons. The second-order valence-electron chi connectivity index (χ2n) is 7.29. The van der Waals surface area contributed by atoms with E-state index < -0.39 is 15.9 Å². The highest BCUT2D eigenvalue weighted by molar-refractivity contribution is 7.89. The summed E-state index contributed by atoms with van der Waals surface area (Å²) < 4.78 is 32.4. The van der Waals surface area contributed by atoms with Crippen LogP contribution < -0.4 is 10.1 Å². The highest BCUT2D eigenvalue weighted by Gasteiger charge is 2.33. The molecule has 0 aliphatic carbocycles. The molecule has 1 saturated heterocycles. The maximum absolute atomic E-state index is 12.9. The van der Waals surface area contributed by atoms with Crippen molar-refractivity contribution in [1.29, 1.82) is 0 Å². The molecule has 1 aromatic heterocycles. The monoisotopic (exact) mass is 425 g/mol. The summed E-state index contributed by atoms with van der Waals surface area (Å²) in [7, 11) is -2.01. The van der Waals surface area contributed by atoms with Crippen molar-refractivity contribution in [2.24, 2.45) is 5.92 Å². The largest absolute Gasteiger partial charge is 0.497 e. The Balaban J connectivity index is 1.47. The lowest BCUT2D eigenvalue weighted by Gasteiger charge is -2.31. The Hall–Kier alpha value is -2.97. The van der Waals surface area contributed by atoms with Crippen LogP contribution in [0.3, 0.4) is 0 Å². The topological polar surface area (TPSA) is 88.6 Å². The standard InChI is InChI=1S/C22H23N3O4S/c1-29-19-10-9-16-12-18(14-23-21(16)13-19)24-22(26)17-6-5-11-25(15-17)30(27,28)20-7-3-2-4-8-20/h2-4,7-10,12-14,17H,5-6,11,15H2,1H3,(H,24,26)/t17-/m0/s1. The van der Waals surface area contributed by atoms with Gasteiger partial charge in [0.05, 0.1) is 35.3 Å². The van der Waals surface area contributed by atoms with Gasteiger partial charge in [0.2, 0.25) is 15.9 Å². The van der Waals surface area contributed by atoms with E-state index in [2.05, 4.69) is 10.3 Å². The molecular weight excluding hydrogens is 402 g/mol. The third kappa shape index (κ3) is 4.15. The first-order chi connectivity index (χ1) is 14.5. The molecule has 1 aliphatic rings. The van der Waals surface area contributed by atoms with Crippen LogP contribution in [0.4, 0.5) is 5.69 Å². The maximum atomic E-state index is 12.9. The maximum Gasteiger partial charge on any atom is 0.243 e. The van der Waals surface area contributed by atoms with Crippen LogP contribution >= 0.6 is 0 Å². The summed E-state index contributed by atoms with van der Waals surface area (Å²) >= 11 is 0. The molecule has 0 unspecified atom stereocenters. The number of amides is 1. The normalized spacial score (nSPS) is 17.6. The highest BCUT2D eigenvalue weighted by Crippen LogP contribution is 2.26. The lowest BCUT2D eigenvalue weighted by Crippen LogP contribution is -2.43. The summed E-state index contributed by atoms with van der Waals surface area (Å²) in [5.74, 6) is 0.107. The molecule has 0 radical (unpaired) electrons. The quantitative estimate of drug-likeness (QED) is 0.678. The van der Waals surface area contributed by atoms with Gasteiger partial charge in [-0.05, 0) is 43.2 Å². The van der Waals surface area contributed by atoms with E-state index in [0.717, 1.165) is 10.9 Å². The van der Waals surface area contributed by atoms with Gasteiger partial charge in [-0.3, -0.25) is 9.78 Å². The molecule has 0 spiro atoms.